The number of carbonyl (C=O) groups excluding carboxylic acids is 1. The van der Waals surface area contributed by atoms with E-state index in [1.54, 1.807) is 0 Å². The van der Waals surface area contributed by atoms with E-state index in [-0.39, 0.29) is 5.91 Å². The predicted octanol–water partition coefficient (Wildman–Crippen LogP) is 1.74. The molecule has 16 heavy (non-hydrogen) atoms. The summed E-state index contributed by atoms with van der Waals surface area (Å²) in [5.41, 5.74) is 6.73. The number of benzene rings is 1. The molecule has 3 N–H and O–H groups in total. The van der Waals surface area contributed by atoms with E-state index in [9.17, 15) is 4.79 Å². The molecule has 1 amide bonds. The van der Waals surface area contributed by atoms with E-state index < -0.39 is 6.04 Å². The highest BCUT2D eigenvalue weighted by Gasteiger charge is 2.09. The van der Waals surface area contributed by atoms with Crippen LogP contribution in [0.4, 0.5) is 0 Å². The molecule has 4 heteroatoms. The highest BCUT2D eigenvalue weighted by atomic mass is 35.5. The first kappa shape index (κ1) is 13.0. The van der Waals surface area contributed by atoms with Gasteiger partial charge in [0.05, 0.1) is 6.04 Å². The van der Waals surface area contributed by atoms with Gasteiger partial charge in [0.1, 0.15) is 0 Å². The van der Waals surface area contributed by atoms with Crippen molar-refractivity contribution in [1.82, 2.24) is 5.32 Å². The van der Waals surface area contributed by atoms with Gasteiger partial charge in [-0.1, -0.05) is 30.7 Å². The Morgan fingerprint density at radius 2 is 2.06 bits per heavy atom. The zero-order valence-corrected chi connectivity index (χ0v) is 10.1. The van der Waals surface area contributed by atoms with Crippen LogP contribution in [-0.2, 0) is 11.2 Å². The Morgan fingerprint density at radius 3 is 2.62 bits per heavy atom. The van der Waals surface area contributed by atoms with Crippen molar-refractivity contribution in [3.63, 3.8) is 0 Å². The highest BCUT2D eigenvalue weighted by Crippen LogP contribution is 2.09. The van der Waals surface area contributed by atoms with Crippen LogP contribution >= 0.6 is 11.6 Å². The molecule has 1 aromatic carbocycles. The number of halogens is 1. The van der Waals surface area contributed by atoms with Gasteiger partial charge in [0.15, 0.2) is 0 Å². The van der Waals surface area contributed by atoms with Gasteiger partial charge in [-0.05, 0) is 30.5 Å². The van der Waals surface area contributed by atoms with Crippen LogP contribution in [0.3, 0.4) is 0 Å². The number of hydrogen-bond acceptors (Lipinski definition) is 2. The van der Waals surface area contributed by atoms with E-state index in [0.29, 0.717) is 13.0 Å². The number of carbonyl (C=O) groups is 1. The summed E-state index contributed by atoms with van der Waals surface area (Å²) >= 11 is 5.77. The lowest BCUT2D eigenvalue weighted by Gasteiger charge is -2.09. The van der Waals surface area contributed by atoms with Crippen molar-refractivity contribution in [3.05, 3.63) is 34.9 Å². The molecule has 0 bridgehead atoms. The highest BCUT2D eigenvalue weighted by molar-refractivity contribution is 6.30. The quantitative estimate of drug-likeness (QED) is 0.824. The zero-order valence-electron chi connectivity index (χ0n) is 9.37. The molecule has 0 saturated carbocycles. The average molecular weight is 241 g/mol. The summed E-state index contributed by atoms with van der Waals surface area (Å²) in [5.74, 6) is -0.0866. The molecule has 0 saturated heterocycles. The summed E-state index contributed by atoms with van der Waals surface area (Å²) in [4.78, 5) is 11.4. The molecule has 0 radical (unpaired) electrons. The number of hydrogen-bond donors (Lipinski definition) is 2. The van der Waals surface area contributed by atoms with Crippen LogP contribution < -0.4 is 11.1 Å². The molecular weight excluding hydrogens is 224 g/mol. The van der Waals surface area contributed by atoms with Crippen LogP contribution in [0.25, 0.3) is 0 Å². The number of rotatable bonds is 5. The molecule has 88 valence electrons. The second-order valence-corrected chi connectivity index (χ2v) is 4.12. The first-order valence-electron chi connectivity index (χ1n) is 5.41. The van der Waals surface area contributed by atoms with Crippen LogP contribution in [0, 0.1) is 0 Å². The molecule has 1 aromatic rings. The Morgan fingerprint density at radius 1 is 1.44 bits per heavy atom. The number of nitrogens with one attached hydrogen (secondary N) is 1. The number of amides is 1. The van der Waals surface area contributed by atoms with Gasteiger partial charge in [0.25, 0.3) is 0 Å². The van der Waals surface area contributed by atoms with Crippen LogP contribution in [0.1, 0.15) is 18.9 Å². The molecule has 0 aliphatic carbocycles. The smallest absolute Gasteiger partial charge is 0.236 e. The topological polar surface area (TPSA) is 55.1 Å². The number of nitrogens with two attached hydrogens (primary N) is 1. The van der Waals surface area contributed by atoms with Crippen LogP contribution in [0.5, 0.6) is 0 Å². The molecular formula is C12H17ClN2O. The fraction of sp³-hybridized carbons (Fsp3) is 0.417. The van der Waals surface area contributed by atoms with Crippen molar-refractivity contribution in [2.24, 2.45) is 5.73 Å². The molecule has 1 rings (SSSR count). The lowest BCUT2D eigenvalue weighted by molar-refractivity contribution is -0.122. The van der Waals surface area contributed by atoms with E-state index in [0.717, 1.165) is 17.0 Å². The van der Waals surface area contributed by atoms with Gasteiger partial charge in [-0.3, -0.25) is 4.79 Å². The van der Waals surface area contributed by atoms with Gasteiger partial charge in [-0.15, -0.1) is 0 Å². The van der Waals surface area contributed by atoms with E-state index in [1.807, 2.05) is 31.2 Å². The lowest BCUT2D eigenvalue weighted by atomic mass is 10.1. The summed E-state index contributed by atoms with van der Waals surface area (Å²) < 4.78 is 0. The maximum absolute atomic E-state index is 11.4. The molecule has 0 aliphatic rings. The molecule has 0 heterocycles. The van der Waals surface area contributed by atoms with E-state index in [2.05, 4.69) is 5.32 Å². The van der Waals surface area contributed by atoms with E-state index in [1.165, 1.54) is 0 Å². The Kier molecular flexibility index (Phi) is 5.29. The van der Waals surface area contributed by atoms with Gasteiger partial charge in [-0.25, -0.2) is 0 Å². The van der Waals surface area contributed by atoms with E-state index in [4.69, 9.17) is 17.3 Å². The average Bonchev–Trinajstić information content (AvgIpc) is 2.30. The second kappa shape index (κ2) is 6.51. The zero-order chi connectivity index (χ0) is 12.0. The summed E-state index contributed by atoms with van der Waals surface area (Å²) in [6, 6.07) is 7.19. The minimum atomic E-state index is -0.398. The first-order valence-corrected chi connectivity index (χ1v) is 5.79. The summed E-state index contributed by atoms with van der Waals surface area (Å²) in [5, 5.41) is 3.52. The van der Waals surface area contributed by atoms with Crippen molar-refractivity contribution in [2.75, 3.05) is 6.54 Å². The largest absolute Gasteiger partial charge is 0.354 e. The van der Waals surface area contributed by atoms with Crippen molar-refractivity contribution in [3.8, 4) is 0 Å². The molecule has 0 aliphatic heterocycles. The Balaban J connectivity index is 2.30. The summed E-state index contributed by atoms with van der Waals surface area (Å²) in [6.07, 6.45) is 1.45. The third-order valence-corrected chi connectivity index (χ3v) is 2.65. The summed E-state index contributed by atoms with van der Waals surface area (Å²) in [7, 11) is 0. The van der Waals surface area contributed by atoms with Crippen molar-refractivity contribution >= 4 is 17.5 Å². The molecule has 0 unspecified atom stereocenters. The maximum Gasteiger partial charge on any atom is 0.236 e. The van der Waals surface area contributed by atoms with Crippen molar-refractivity contribution < 1.29 is 4.79 Å². The third-order valence-electron chi connectivity index (χ3n) is 2.40. The molecule has 1 atom stereocenters. The van der Waals surface area contributed by atoms with Gasteiger partial charge < -0.3 is 11.1 Å². The van der Waals surface area contributed by atoms with Gasteiger partial charge in [0, 0.05) is 11.6 Å². The lowest BCUT2D eigenvalue weighted by Crippen LogP contribution is -2.40. The Hall–Kier alpha value is -1.06. The van der Waals surface area contributed by atoms with Crippen molar-refractivity contribution in [1.29, 1.82) is 0 Å². The van der Waals surface area contributed by atoms with Crippen molar-refractivity contribution in [2.45, 2.75) is 25.8 Å². The Bertz CT molecular complexity index is 337. The van der Waals surface area contributed by atoms with Gasteiger partial charge in [0.2, 0.25) is 5.91 Å². The van der Waals surface area contributed by atoms with Gasteiger partial charge >= 0.3 is 0 Å². The van der Waals surface area contributed by atoms with Gasteiger partial charge in [-0.2, -0.15) is 0 Å². The monoisotopic (exact) mass is 240 g/mol. The maximum atomic E-state index is 11.4. The standard InChI is InChI=1S/C12H17ClN2O/c1-2-11(14)12(16)15-8-7-9-3-5-10(13)6-4-9/h3-6,11H,2,7-8,14H2,1H3,(H,15,16)/t11-/m1/s1. The Labute approximate surface area is 101 Å². The fourth-order valence-corrected chi connectivity index (χ4v) is 1.42. The predicted molar refractivity (Wildman–Crippen MR) is 66.4 cm³/mol. The van der Waals surface area contributed by atoms with Crippen LogP contribution in [-0.4, -0.2) is 18.5 Å². The van der Waals surface area contributed by atoms with Crippen LogP contribution in [0.15, 0.2) is 24.3 Å². The first-order chi connectivity index (χ1) is 7.63. The minimum Gasteiger partial charge on any atom is -0.354 e. The minimum absolute atomic E-state index is 0.0866. The van der Waals surface area contributed by atoms with Crippen LogP contribution in [0.2, 0.25) is 5.02 Å². The normalized spacial score (nSPS) is 12.2. The van der Waals surface area contributed by atoms with E-state index >= 15 is 0 Å². The second-order valence-electron chi connectivity index (χ2n) is 3.68. The third kappa shape index (κ3) is 4.21. The summed E-state index contributed by atoms with van der Waals surface area (Å²) in [6.45, 7) is 2.50. The SMILES string of the molecule is CC[C@@H](N)C(=O)NCCc1ccc(Cl)cc1. The molecule has 0 spiro atoms. The fourth-order valence-electron chi connectivity index (χ4n) is 1.30. The molecule has 0 aromatic heterocycles. The molecule has 0 fully saturated rings. The molecule has 3 nitrogen and oxygen atoms in total.